The van der Waals surface area contributed by atoms with Gasteiger partial charge in [0.1, 0.15) is 0 Å². The minimum atomic E-state index is -2.47. The van der Waals surface area contributed by atoms with Crippen LogP contribution in [0.4, 0.5) is 14.5 Å². The van der Waals surface area contributed by atoms with Crippen LogP contribution in [0.3, 0.4) is 0 Å². The Hall–Kier alpha value is -1.13. The number of nitrogen functional groups attached to an aromatic ring is 1. The molecule has 2 rings (SSSR count). The predicted octanol–water partition coefficient (Wildman–Crippen LogP) is 1.90. The number of nitrogens with two attached hydrogens (primary N) is 1. The molecular weight excluding hydrogens is 188 g/mol. The lowest BCUT2D eigenvalue weighted by Gasteiger charge is -2.10. The van der Waals surface area contributed by atoms with Crippen molar-refractivity contribution >= 4 is 5.69 Å². The van der Waals surface area contributed by atoms with Gasteiger partial charge in [0, 0.05) is 25.6 Å². The first kappa shape index (κ1) is 9.43. The van der Waals surface area contributed by atoms with Gasteiger partial charge in [-0.15, -0.1) is 0 Å². The van der Waals surface area contributed by atoms with Gasteiger partial charge in [0.2, 0.25) is 5.92 Å². The summed E-state index contributed by atoms with van der Waals surface area (Å²) < 4.78 is 27.3. The molecule has 0 bridgehead atoms. The van der Waals surface area contributed by atoms with Crippen LogP contribution in [0.2, 0.25) is 0 Å². The molecular formula is C9H13F2N3. The molecule has 0 spiro atoms. The highest BCUT2D eigenvalue weighted by Gasteiger charge is 2.39. The van der Waals surface area contributed by atoms with Crippen molar-refractivity contribution < 1.29 is 8.78 Å². The molecule has 1 fully saturated rings. The van der Waals surface area contributed by atoms with Crippen LogP contribution >= 0.6 is 0 Å². The normalized spacial score (nSPS) is 25.4. The minimum Gasteiger partial charge on any atom is -0.396 e. The fraction of sp³-hybridized carbons (Fsp3) is 0.667. The van der Waals surface area contributed by atoms with E-state index in [1.165, 1.54) is 6.20 Å². The molecule has 1 unspecified atom stereocenters. The molecule has 1 heterocycles. The third-order valence-electron chi connectivity index (χ3n) is 2.60. The van der Waals surface area contributed by atoms with Crippen LogP contribution in [0, 0.1) is 5.92 Å². The van der Waals surface area contributed by atoms with E-state index in [1.54, 1.807) is 10.9 Å². The third-order valence-corrected chi connectivity index (χ3v) is 2.60. The molecule has 0 aromatic carbocycles. The lowest BCUT2D eigenvalue weighted by atomic mass is 10.1. The molecule has 0 saturated heterocycles. The number of hydrogen-bond acceptors (Lipinski definition) is 2. The maximum Gasteiger partial charge on any atom is 0.248 e. The van der Waals surface area contributed by atoms with Gasteiger partial charge < -0.3 is 5.73 Å². The van der Waals surface area contributed by atoms with E-state index in [2.05, 4.69) is 5.10 Å². The van der Waals surface area contributed by atoms with Crippen molar-refractivity contribution in [2.75, 3.05) is 5.73 Å². The maximum absolute atomic E-state index is 12.8. The zero-order valence-electron chi connectivity index (χ0n) is 7.79. The van der Waals surface area contributed by atoms with Gasteiger partial charge in [0.15, 0.2) is 0 Å². The zero-order valence-corrected chi connectivity index (χ0v) is 7.79. The molecule has 1 atom stereocenters. The number of halogens is 2. The Bertz CT molecular complexity index is 322. The van der Waals surface area contributed by atoms with E-state index in [1.807, 2.05) is 0 Å². The largest absolute Gasteiger partial charge is 0.396 e. The lowest BCUT2D eigenvalue weighted by Crippen LogP contribution is -2.13. The van der Waals surface area contributed by atoms with Gasteiger partial charge in [0.25, 0.3) is 0 Å². The summed E-state index contributed by atoms with van der Waals surface area (Å²) in [6, 6.07) is 0. The van der Waals surface area contributed by atoms with E-state index in [9.17, 15) is 8.78 Å². The summed E-state index contributed by atoms with van der Waals surface area (Å²) in [5, 5.41) is 3.97. The number of hydrogen-bond donors (Lipinski definition) is 1. The Morgan fingerprint density at radius 1 is 1.64 bits per heavy atom. The Labute approximate surface area is 80.9 Å². The van der Waals surface area contributed by atoms with Crippen LogP contribution in [0.25, 0.3) is 0 Å². The molecule has 1 saturated carbocycles. The van der Waals surface area contributed by atoms with Crippen LogP contribution in [-0.4, -0.2) is 15.7 Å². The molecule has 1 aliphatic rings. The van der Waals surface area contributed by atoms with Crippen LogP contribution < -0.4 is 5.73 Å². The van der Waals surface area contributed by atoms with Gasteiger partial charge in [-0.1, -0.05) is 0 Å². The van der Waals surface area contributed by atoms with E-state index >= 15 is 0 Å². The Morgan fingerprint density at radius 2 is 2.43 bits per heavy atom. The number of anilines is 1. The monoisotopic (exact) mass is 201 g/mol. The van der Waals surface area contributed by atoms with Gasteiger partial charge in [-0.2, -0.15) is 5.10 Å². The van der Waals surface area contributed by atoms with E-state index < -0.39 is 5.92 Å². The Kier molecular flexibility index (Phi) is 2.17. The van der Waals surface area contributed by atoms with E-state index in [0.717, 1.165) is 0 Å². The van der Waals surface area contributed by atoms with Gasteiger partial charge in [-0.05, 0) is 12.3 Å². The Morgan fingerprint density at radius 3 is 2.93 bits per heavy atom. The zero-order chi connectivity index (χ0) is 10.2. The molecule has 1 aromatic rings. The maximum atomic E-state index is 12.8. The summed E-state index contributed by atoms with van der Waals surface area (Å²) in [4.78, 5) is 0. The summed E-state index contributed by atoms with van der Waals surface area (Å²) >= 11 is 0. The molecule has 2 N–H and O–H groups in total. The first-order valence-electron chi connectivity index (χ1n) is 4.71. The first-order chi connectivity index (χ1) is 6.55. The number of alkyl halides is 2. The van der Waals surface area contributed by atoms with Gasteiger partial charge in [0.05, 0.1) is 11.9 Å². The van der Waals surface area contributed by atoms with Crippen molar-refractivity contribution in [2.24, 2.45) is 5.92 Å². The van der Waals surface area contributed by atoms with Crippen molar-refractivity contribution in [3.8, 4) is 0 Å². The molecule has 14 heavy (non-hydrogen) atoms. The van der Waals surface area contributed by atoms with Crippen LogP contribution in [0.15, 0.2) is 12.4 Å². The van der Waals surface area contributed by atoms with E-state index in [-0.39, 0.29) is 18.8 Å². The second-order valence-electron chi connectivity index (χ2n) is 3.96. The van der Waals surface area contributed by atoms with Crippen LogP contribution in [-0.2, 0) is 6.54 Å². The molecule has 1 aliphatic carbocycles. The predicted molar refractivity (Wildman–Crippen MR) is 48.9 cm³/mol. The minimum absolute atomic E-state index is 0.00835. The van der Waals surface area contributed by atoms with Crippen molar-refractivity contribution in [1.82, 2.24) is 9.78 Å². The molecule has 0 aliphatic heterocycles. The standard InChI is InChI=1S/C9H13F2N3/c10-9(11)2-1-7(3-9)5-14-6-8(12)4-13-14/h4,6-7H,1-3,5,12H2. The fourth-order valence-corrected chi connectivity index (χ4v) is 1.94. The van der Waals surface area contributed by atoms with Gasteiger partial charge in [-0.25, -0.2) is 8.78 Å². The average Bonchev–Trinajstić information content (AvgIpc) is 2.59. The van der Waals surface area contributed by atoms with Crippen molar-refractivity contribution in [3.63, 3.8) is 0 Å². The SMILES string of the molecule is Nc1cnn(CC2CCC(F)(F)C2)c1. The van der Waals surface area contributed by atoms with Gasteiger partial charge in [-0.3, -0.25) is 4.68 Å². The number of aromatic nitrogens is 2. The summed E-state index contributed by atoms with van der Waals surface area (Å²) in [5.74, 6) is -2.44. The van der Waals surface area contributed by atoms with Crippen molar-refractivity contribution in [3.05, 3.63) is 12.4 Å². The highest BCUT2D eigenvalue weighted by Crippen LogP contribution is 2.39. The highest BCUT2D eigenvalue weighted by molar-refractivity contribution is 5.30. The van der Waals surface area contributed by atoms with Crippen LogP contribution in [0.1, 0.15) is 19.3 Å². The molecule has 3 nitrogen and oxygen atoms in total. The first-order valence-corrected chi connectivity index (χ1v) is 4.71. The van der Waals surface area contributed by atoms with Crippen LogP contribution in [0.5, 0.6) is 0 Å². The second kappa shape index (κ2) is 3.22. The van der Waals surface area contributed by atoms with Gasteiger partial charge >= 0.3 is 0 Å². The third kappa shape index (κ3) is 2.02. The second-order valence-corrected chi connectivity index (χ2v) is 3.96. The van der Waals surface area contributed by atoms with E-state index in [0.29, 0.717) is 18.7 Å². The summed E-state index contributed by atoms with van der Waals surface area (Å²) in [5.41, 5.74) is 6.05. The summed E-state index contributed by atoms with van der Waals surface area (Å²) in [6.07, 6.45) is 3.78. The molecule has 0 radical (unpaired) electrons. The molecule has 5 heteroatoms. The summed E-state index contributed by atoms with van der Waals surface area (Å²) in [6.45, 7) is 0.548. The Balaban J connectivity index is 1.94. The van der Waals surface area contributed by atoms with Crippen molar-refractivity contribution in [2.45, 2.75) is 31.7 Å². The lowest BCUT2D eigenvalue weighted by molar-refractivity contribution is 0.00423. The number of nitrogens with zero attached hydrogens (tertiary/aromatic N) is 2. The average molecular weight is 201 g/mol. The van der Waals surface area contributed by atoms with Crippen molar-refractivity contribution in [1.29, 1.82) is 0 Å². The smallest absolute Gasteiger partial charge is 0.248 e. The highest BCUT2D eigenvalue weighted by atomic mass is 19.3. The summed E-state index contributed by atoms with van der Waals surface area (Å²) in [7, 11) is 0. The molecule has 1 aromatic heterocycles. The fourth-order valence-electron chi connectivity index (χ4n) is 1.94. The molecule has 78 valence electrons. The number of rotatable bonds is 2. The topological polar surface area (TPSA) is 43.8 Å². The van der Waals surface area contributed by atoms with E-state index in [4.69, 9.17) is 5.73 Å². The quantitative estimate of drug-likeness (QED) is 0.794. The molecule has 0 amide bonds.